The van der Waals surface area contributed by atoms with Crippen LogP contribution in [0.15, 0.2) is 71.9 Å². The third-order valence-corrected chi connectivity index (χ3v) is 7.38. The van der Waals surface area contributed by atoms with Crippen molar-refractivity contribution in [3.63, 3.8) is 0 Å². The molecule has 1 N–H and O–H groups in total. The van der Waals surface area contributed by atoms with E-state index in [1.807, 2.05) is 59.3 Å². The van der Waals surface area contributed by atoms with Gasteiger partial charge >= 0.3 is 0 Å². The molecule has 180 valence electrons. The lowest BCUT2D eigenvalue weighted by Crippen LogP contribution is -2.17. The number of carbonyl (C=O) groups excluding carboxylic acids is 1. The number of anilines is 1. The summed E-state index contributed by atoms with van der Waals surface area (Å²) in [5, 5.41) is 17.5. The maximum Gasteiger partial charge on any atom is 0.236 e. The third kappa shape index (κ3) is 5.48. The van der Waals surface area contributed by atoms with Gasteiger partial charge in [0.2, 0.25) is 5.91 Å². The smallest absolute Gasteiger partial charge is 0.236 e. The molecule has 0 spiro atoms. The fourth-order valence-corrected chi connectivity index (χ4v) is 5.46. The van der Waals surface area contributed by atoms with Gasteiger partial charge in [-0.15, -0.1) is 10.2 Å². The normalized spacial score (nSPS) is 13.9. The van der Waals surface area contributed by atoms with E-state index >= 15 is 0 Å². The van der Waals surface area contributed by atoms with E-state index in [-0.39, 0.29) is 11.7 Å². The van der Waals surface area contributed by atoms with E-state index in [1.54, 1.807) is 0 Å². The first-order chi connectivity index (χ1) is 17.2. The van der Waals surface area contributed by atoms with Crippen LogP contribution in [0.5, 0.6) is 0 Å². The summed E-state index contributed by atoms with van der Waals surface area (Å²) in [5.41, 5.74) is 3.19. The van der Waals surface area contributed by atoms with Crippen LogP contribution in [-0.2, 0) is 17.8 Å². The minimum atomic E-state index is -0.0830. The number of nitrogens with zero attached hydrogens (tertiary/aromatic N) is 5. The quantitative estimate of drug-likeness (QED) is 0.318. The van der Waals surface area contributed by atoms with Crippen LogP contribution in [0.3, 0.4) is 0 Å². The monoisotopic (exact) mass is 486 g/mol. The summed E-state index contributed by atoms with van der Waals surface area (Å²) >= 11 is 1.41. The van der Waals surface area contributed by atoms with E-state index in [1.165, 1.54) is 30.2 Å². The lowest BCUT2D eigenvalue weighted by atomic mass is 10.0. The van der Waals surface area contributed by atoms with Gasteiger partial charge in [0, 0.05) is 24.9 Å². The zero-order valence-corrected chi connectivity index (χ0v) is 20.7. The molecule has 8 heteroatoms. The van der Waals surface area contributed by atoms with Gasteiger partial charge in [-0.2, -0.15) is 5.10 Å². The molecule has 0 aliphatic heterocycles. The molecular weight excluding hydrogens is 456 g/mol. The maximum atomic E-state index is 13.0. The Bertz CT molecular complexity index is 1260. The Labute approximate surface area is 210 Å². The maximum absolute atomic E-state index is 13.0. The lowest BCUT2D eigenvalue weighted by molar-refractivity contribution is -0.113. The van der Waals surface area contributed by atoms with Gasteiger partial charge < -0.3 is 9.88 Å². The van der Waals surface area contributed by atoms with Gasteiger partial charge in [0.1, 0.15) is 11.6 Å². The molecule has 2 heterocycles. The number of hydrogen-bond donors (Lipinski definition) is 1. The minimum absolute atomic E-state index is 0.0830. The van der Waals surface area contributed by atoms with Crippen molar-refractivity contribution in [3.05, 3.63) is 83.8 Å². The van der Waals surface area contributed by atoms with Crippen molar-refractivity contribution in [2.24, 2.45) is 0 Å². The van der Waals surface area contributed by atoms with Crippen LogP contribution >= 0.6 is 11.8 Å². The Morgan fingerprint density at radius 1 is 1.03 bits per heavy atom. The number of nitrogens with one attached hydrogen (secondary N) is 1. The van der Waals surface area contributed by atoms with Crippen LogP contribution < -0.4 is 5.32 Å². The van der Waals surface area contributed by atoms with E-state index in [0.717, 1.165) is 41.7 Å². The number of benzene rings is 2. The fraction of sp³-hybridized carbons (Fsp3) is 0.333. The lowest BCUT2D eigenvalue weighted by Gasteiger charge is -2.09. The Kier molecular flexibility index (Phi) is 7.28. The van der Waals surface area contributed by atoms with E-state index in [4.69, 9.17) is 5.10 Å². The number of rotatable bonds is 9. The molecule has 1 aliphatic carbocycles. The second kappa shape index (κ2) is 10.9. The first-order valence-corrected chi connectivity index (χ1v) is 13.2. The number of carbonyl (C=O) groups is 1. The molecule has 5 rings (SSSR count). The second-order valence-electron chi connectivity index (χ2n) is 8.83. The zero-order valence-electron chi connectivity index (χ0n) is 19.9. The average molecular weight is 487 g/mol. The van der Waals surface area contributed by atoms with E-state index in [0.29, 0.717) is 18.2 Å². The molecular formula is C27H30N6OS. The Morgan fingerprint density at radius 2 is 1.74 bits per heavy atom. The molecule has 0 atom stereocenters. The van der Waals surface area contributed by atoms with Gasteiger partial charge in [-0.05, 0) is 37.5 Å². The number of thioether (sulfide) groups is 1. The molecule has 0 radical (unpaired) electrons. The van der Waals surface area contributed by atoms with E-state index in [2.05, 4.69) is 39.1 Å². The molecule has 2 aromatic carbocycles. The van der Waals surface area contributed by atoms with Gasteiger partial charge in [-0.3, -0.25) is 4.79 Å². The van der Waals surface area contributed by atoms with Gasteiger partial charge in [0.25, 0.3) is 0 Å². The standard InChI is InChI=1S/C27H30N6OS/c1-2-32-25(17-20-11-5-3-6-12-20)29-30-27(32)35-19-26(34)28-24-18-23(21-13-9-10-14-21)31-33(24)22-15-7-4-8-16-22/h3-8,11-12,15-16,18,21H,2,9-10,13-14,17,19H2,1H3,(H,28,34). The summed E-state index contributed by atoms with van der Waals surface area (Å²) in [4.78, 5) is 13.0. The van der Waals surface area contributed by atoms with Crippen molar-refractivity contribution in [1.82, 2.24) is 24.5 Å². The van der Waals surface area contributed by atoms with Crippen LogP contribution in [0.25, 0.3) is 5.69 Å². The minimum Gasteiger partial charge on any atom is -0.310 e. The topological polar surface area (TPSA) is 77.6 Å². The second-order valence-corrected chi connectivity index (χ2v) is 9.77. The highest BCUT2D eigenvalue weighted by atomic mass is 32.2. The third-order valence-electron chi connectivity index (χ3n) is 6.42. The first kappa shape index (κ1) is 23.4. The Morgan fingerprint density at radius 3 is 2.46 bits per heavy atom. The highest BCUT2D eigenvalue weighted by Crippen LogP contribution is 2.35. The van der Waals surface area contributed by atoms with E-state index < -0.39 is 0 Å². The highest BCUT2D eigenvalue weighted by Gasteiger charge is 2.23. The molecule has 1 saturated carbocycles. The summed E-state index contributed by atoms with van der Waals surface area (Å²) in [7, 11) is 0. The van der Waals surface area contributed by atoms with Gasteiger partial charge in [-0.1, -0.05) is 73.1 Å². The average Bonchev–Trinajstić information content (AvgIpc) is 3.64. The van der Waals surface area contributed by atoms with Crippen molar-refractivity contribution in [1.29, 1.82) is 0 Å². The number of para-hydroxylation sites is 1. The molecule has 7 nitrogen and oxygen atoms in total. The van der Waals surface area contributed by atoms with Crippen LogP contribution in [0.4, 0.5) is 5.82 Å². The van der Waals surface area contributed by atoms with Crippen LogP contribution in [0.2, 0.25) is 0 Å². The van der Waals surface area contributed by atoms with E-state index in [9.17, 15) is 4.79 Å². The summed E-state index contributed by atoms with van der Waals surface area (Å²) in [6, 6.07) is 22.2. The fourth-order valence-electron chi connectivity index (χ4n) is 4.64. The molecule has 0 saturated heterocycles. The van der Waals surface area contributed by atoms with Gasteiger partial charge in [-0.25, -0.2) is 4.68 Å². The van der Waals surface area contributed by atoms with Gasteiger partial charge in [0.05, 0.1) is 17.1 Å². The van der Waals surface area contributed by atoms with Crippen molar-refractivity contribution >= 4 is 23.5 Å². The van der Waals surface area contributed by atoms with Crippen LogP contribution in [0.1, 0.15) is 55.6 Å². The van der Waals surface area contributed by atoms with Crippen LogP contribution in [-0.4, -0.2) is 36.2 Å². The molecule has 0 bridgehead atoms. The molecule has 0 unspecified atom stereocenters. The number of amides is 1. The predicted octanol–water partition coefficient (Wildman–Crippen LogP) is 5.46. The number of aromatic nitrogens is 5. The number of hydrogen-bond acceptors (Lipinski definition) is 5. The molecule has 4 aromatic rings. The first-order valence-electron chi connectivity index (χ1n) is 12.3. The predicted molar refractivity (Wildman–Crippen MR) is 139 cm³/mol. The van der Waals surface area contributed by atoms with Crippen molar-refractivity contribution in [2.45, 2.75) is 56.6 Å². The molecule has 35 heavy (non-hydrogen) atoms. The largest absolute Gasteiger partial charge is 0.310 e. The zero-order chi connectivity index (χ0) is 24.0. The summed E-state index contributed by atoms with van der Waals surface area (Å²) in [6.45, 7) is 2.83. The van der Waals surface area contributed by atoms with Crippen molar-refractivity contribution in [3.8, 4) is 5.69 Å². The highest BCUT2D eigenvalue weighted by molar-refractivity contribution is 7.99. The summed E-state index contributed by atoms with van der Waals surface area (Å²) < 4.78 is 3.93. The molecule has 1 amide bonds. The SMILES string of the molecule is CCn1c(Cc2ccccc2)nnc1SCC(=O)Nc1cc(C2CCCC2)nn1-c1ccccc1. The molecule has 1 aliphatic rings. The Hall–Kier alpha value is -3.39. The molecule has 1 fully saturated rings. The van der Waals surface area contributed by atoms with Crippen LogP contribution in [0, 0.1) is 0 Å². The van der Waals surface area contributed by atoms with Gasteiger partial charge in [0.15, 0.2) is 5.16 Å². The summed E-state index contributed by atoms with van der Waals surface area (Å²) in [6.07, 6.45) is 5.52. The Balaban J connectivity index is 1.28. The summed E-state index contributed by atoms with van der Waals surface area (Å²) in [5.74, 6) is 2.26. The molecule has 2 aromatic heterocycles. The van der Waals surface area contributed by atoms with Crippen molar-refractivity contribution in [2.75, 3.05) is 11.1 Å². The van der Waals surface area contributed by atoms with Crippen molar-refractivity contribution < 1.29 is 4.79 Å².